The lowest BCUT2D eigenvalue weighted by Gasteiger charge is -2.33. The second-order valence-electron chi connectivity index (χ2n) is 6.17. The summed E-state index contributed by atoms with van der Waals surface area (Å²) >= 11 is 6.48. The smallest absolute Gasteiger partial charge is 0.258 e. The summed E-state index contributed by atoms with van der Waals surface area (Å²) in [4.78, 5) is 10.8. The van der Waals surface area contributed by atoms with E-state index >= 15 is 0 Å². The Balaban J connectivity index is 1.97. The van der Waals surface area contributed by atoms with Gasteiger partial charge in [0.1, 0.15) is 0 Å². The van der Waals surface area contributed by atoms with E-state index in [0.29, 0.717) is 5.92 Å². The molecule has 0 bridgehead atoms. The second kappa shape index (κ2) is 7.79. The van der Waals surface area contributed by atoms with E-state index in [-0.39, 0.29) is 16.0 Å². The number of halogens is 1. The van der Waals surface area contributed by atoms with Gasteiger partial charge < -0.3 is 0 Å². The summed E-state index contributed by atoms with van der Waals surface area (Å²) in [6, 6.07) is 7.06. The van der Waals surface area contributed by atoms with Gasteiger partial charge in [0.2, 0.25) is 0 Å². The van der Waals surface area contributed by atoms with Crippen molar-refractivity contribution in [1.82, 2.24) is 0 Å². The summed E-state index contributed by atoms with van der Waals surface area (Å²) in [7, 11) is 0. The van der Waals surface area contributed by atoms with Crippen LogP contribution in [0.15, 0.2) is 24.3 Å². The average molecular weight is 310 g/mol. The lowest BCUT2D eigenvalue weighted by molar-refractivity contribution is -0.385. The SMILES string of the molecule is CCCC1CCC(Cl)C(CCc2ccccc2[N+](=O)[O-])C1. The zero-order valence-electron chi connectivity index (χ0n) is 12.6. The largest absolute Gasteiger partial charge is 0.272 e. The number of hydrogen-bond donors (Lipinski definition) is 0. The summed E-state index contributed by atoms with van der Waals surface area (Å²) in [5, 5.41) is 11.3. The van der Waals surface area contributed by atoms with Gasteiger partial charge in [-0.25, -0.2) is 0 Å². The molecule has 3 unspecified atom stereocenters. The monoisotopic (exact) mass is 309 g/mol. The molecule has 3 atom stereocenters. The molecule has 3 nitrogen and oxygen atoms in total. The molecule has 0 aromatic heterocycles. The summed E-state index contributed by atoms with van der Waals surface area (Å²) in [6.45, 7) is 2.23. The fraction of sp³-hybridized carbons (Fsp3) is 0.647. The van der Waals surface area contributed by atoms with E-state index in [9.17, 15) is 10.1 Å². The number of aryl methyl sites for hydroxylation is 1. The van der Waals surface area contributed by atoms with Gasteiger partial charge in [-0.05, 0) is 43.9 Å². The van der Waals surface area contributed by atoms with Gasteiger partial charge in [0, 0.05) is 17.0 Å². The summed E-state index contributed by atoms with van der Waals surface area (Å²) < 4.78 is 0. The van der Waals surface area contributed by atoms with E-state index in [1.165, 1.54) is 25.7 Å². The van der Waals surface area contributed by atoms with Crippen LogP contribution < -0.4 is 0 Å². The Kier molecular flexibility index (Phi) is 6.04. The fourth-order valence-electron chi connectivity index (χ4n) is 3.53. The zero-order valence-corrected chi connectivity index (χ0v) is 13.4. The van der Waals surface area contributed by atoms with Crippen LogP contribution in [-0.2, 0) is 6.42 Å². The lowest BCUT2D eigenvalue weighted by Crippen LogP contribution is -2.26. The van der Waals surface area contributed by atoms with Crippen LogP contribution in [0.25, 0.3) is 0 Å². The Morgan fingerprint density at radius 1 is 1.29 bits per heavy atom. The Morgan fingerprint density at radius 2 is 2.05 bits per heavy atom. The number of benzene rings is 1. The number of nitro benzene ring substituents is 1. The first-order valence-electron chi connectivity index (χ1n) is 7.98. The van der Waals surface area contributed by atoms with Gasteiger partial charge in [0.15, 0.2) is 0 Å². The van der Waals surface area contributed by atoms with E-state index in [2.05, 4.69) is 6.92 Å². The molecule has 116 valence electrons. The van der Waals surface area contributed by atoms with Gasteiger partial charge in [-0.15, -0.1) is 11.6 Å². The lowest BCUT2D eigenvalue weighted by atomic mass is 9.77. The predicted molar refractivity (Wildman–Crippen MR) is 86.8 cm³/mol. The highest BCUT2D eigenvalue weighted by atomic mass is 35.5. The zero-order chi connectivity index (χ0) is 15.2. The van der Waals surface area contributed by atoms with Crippen molar-refractivity contribution in [2.24, 2.45) is 11.8 Å². The van der Waals surface area contributed by atoms with Crippen molar-refractivity contribution in [3.8, 4) is 0 Å². The molecule has 0 N–H and O–H groups in total. The van der Waals surface area contributed by atoms with E-state index in [0.717, 1.165) is 30.7 Å². The van der Waals surface area contributed by atoms with Gasteiger partial charge in [-0.3, -0.25) is 10.1 Å². The van der Waals surface area contributed by atoms with E-state index in [1.54, 1.807) is 12.1 Å². The molecule has 4 heteroatoms. The fourth-order valence-corrected chi connectivity index (χ4v) is 3.89. The van der Waals surface area contributed by atoms with Crippen molar-refractivity contribution in [1.29, 1.82) is 0 Å². The molecule has 1 aromatic carbocycles. The van der Waals surface area contributed by atoms with Crippen molar-refractivity contribution in [3.05, 3.63) is 39.9 Å². The van der Waals surface area contributed by atoms with Crippen molar-refractivity contribution < 1.29 is 4.92 Å². The van der Waals surface area contributed by atoms with Crippen LogP contribution in [0.3, 0.4) is 0 Å². The molecular weight excluding hydrogens is 286 g/mol. The maximum atomic E-state index is 11.1. The van der Waals surface area contributed by atoms with Crippen molar-refractivity contribution in [3.63, 3.8) is 0 Å². The Labute approximate surface area is 131 Å². The highest BCUT2D eigenvalue weighted by molar-refractivity contribution is 6.20. The molecule has 0 saturated heterocycles. The second-order valence-corrected chi connectivity index (χ2v) is 6.73. The molecule has 1 aliphatic carbocycles. The Hall–Kier alpha value is -1.09. The van der Waals surface area contributed by atoms with E-state index < -0.39 is 0 Å². The summed E-state index contributed by atoms with van der Waals surface area (Å²) in [6.07, 6.45) is 7.74. The molecule has 21 heavy (non-hydrogen) atoms. The van der Waals surface area contributed by atoms with E-state index in [1.807, 2.05) is 12.1 Å². The van der Waals surface area contributed by atoms with Crippen LogP contribution in [0.1, 0.15) is 51.0 Å². The maximum Gasteiger partial charge on any atom is 0.272 e. The van der Waals surface area contributed by atoms with Gasteiger partial charge in [0.05, 0.1) is 4.92 Å². The number of rotatable bonds is 6. The molecule has 0 radical (unpaired) electrons. The van der Waals surface area contributed by atoms with Crippen LogP contribution in [0, 0.1) is 22.0 Å². The molecule has 0 aliphatic heterocycles. The molecule has 1 aromatic rings. The first-order valence-corrected chi connectivity index (χ1v) is 8.41. The minimum absolute atomic E-state index is 0.237. The van der Waals surface area contributed by atoms with Crippen LogP contribution in [0.2, 0.25) is 0 Å². The normalized spacial score (nSPS) is 25.7. The topological polar surface area (TPSA) is 43.1 Å². The summed E-state index contributed by atoms with van der Waals surface area (Å²) in [5.41, 5.74) is 1.08. The van der Waals surface area contributed by atoms with Gasteiger partial charge >= 0.3 is 0 Å². The molecule has 0 amide bonds. The molecule has 0 spiro atoms. The van der Waals surface area contributed by atoms with Crippen LogP contribution in [0.5, 0.6) is 0 Å². The van der Waals surface area contributed by atoms with Crippen LogP contribution in [-0.4, -0.2) is 10.3 Å². The van der Waals surface area contributed by atoms with Gasteiger partial charge in [0.25, 0.3) is 5.69 Å². The third-order valence-corrected chi connectivity index (χ3v) is 5.24. The first-order chi connectivity index (χ1) is 10.1. The van der Waals surface area contributed by atoms with E-state index in [4.69, 9.17) is 11.6 Å². The molecule has 0 heterocycles. The van der Waals surface area contributed by atoms with Crippen LogP contribution >= 0.6 is 11.6 Å². The first kappa shape index (κ1) is 16.3. The van der Waals surface area contributed by atoms with Gasteiger partial charge in [-0.1, -0.05) is 38.0 Å². The van der Waals surface area contributed by atoms with Crippen molar-refractivity contribution in [2.45, 2.75) is 57.2 Å². The highest BCUT2D eigenvalue weighted by Gasteiger charge is 2.29. The third kappa shape index (κ3) is 4.44. The number of para-hydroxylation sites is 1. The number of nitrogens with zero attached hydrogens (tertiary/aromatic N) is 1. The van der Waals surface area contributed by atoms with Crippen molar-refractivity contribution >= 4 is 17.3 Å². The Bertz CT molecular complexity index is 478. The number of hydrogen-bond acceptors (Lipinski definition) is 2. The molecule has 1 aliphatic rings. The summed E-state index contributed by atoms with van der Waals surface area (Å²) in [5.74, 6) is 1.29. The maximum absolute atomic E-state index is 11.1. The highest BCUT2D eigenvalue weighted by Crippen LogP contribution is 2.37. The standard InChI is InChI=1S/C17H24ClNO2/c1-2-5-13-8-11-16(18)15(12-13)10-9-14-6-3-4-7-17(14)19(20)21/h3-4,6-7,13,15-16H,2,5,8-12H2,1H3. The molecule has 1 saturated carbocycles. The predicted octanol–water partition coefficient (Wildman–Crippen LogP) is 5.35. The van der Waals surface area contributed by atoms with Gasteiger partial charge in [-0.2, -0.15) is 0 Å². The number of nitro groups is 1. The van der Waals surface area contributed by atoms with Crippen molar-refractivity contribution in [2.75, 3.05) is 0 Å². The minimum atomic E-state index is -0.283. The molecule has 1 fully saturated rings. The average Bonchev–Trinajstić information content (AvgIpc) is 2.48. The minimum Gasteiger partial charge on any atom is -0.258 e. The number of alkyl halides is 1. The molecular formula is C17H24ClNO2. The van der Waals surface area contributed by atoms with Crippen LogP contribution in [0.4, 0.5) is 5.69 Å². The molecule has 2 rings (SSSR count). The third-order valence-electron chi connectivity index (χ3n) is 4.67. The Morgan fingerprint density at radius 3 is 2.76 bits per heavy atom. The quantitative estimate of drug-likeness (QED) is 0.404.